The molecule has 0 saturated carbocycles. The second kappa shape index (κ2) is 8.84. The van der Waals surface area contributed by atoms with E-state index < -0.39 is 0 Å². The predicted octanol–water partition coefficient (Wildman–Crippen LogP) is 4.39. The molecule has 0 radical (unpaired) electrons. The van der Waals surface area contributed by atoms with Gasteiger partial charge in [0, 0.05) is 18.0 Å². The lowest BCUT2D eigenvalue weighted by molar-refractivity contribution is 0.120. The zero-order chi connectivity index (χ0) is 20.3. The first-order valence-electron chi connectivity index (χ1n) is 9.64. The molecule has 30 heavy (non-hydrogen) atoms. The molecular formula is C20H19N5O2S3. The van der Waals surface area contributed by atoms with Gasteiger partial charge in [-0.15, -0.1) is 21.5 Å². The van der Waals surface area contributed by atoms with Crippen LogP contribution >= 0.6 is 34.4 Å². The number of nitrogens with zero attached hydrogens (tertiary/aromatic N) is 3. The van der Waals surface area contributed by atoms with Crippen molar-refractivity contribution in [2.45, 2.75) is 29.0 Å². The topological polar surface area (TPSA) is 92.8 Å². The smallest absolute Gasteiger partial charge is 0.259 e. The Hall–Kier alpha value is -2.27. The first-order chi connectivity index (χ1) is 14.7. The Morgan fingerprint density at radius 3 is 2.97 bits per heavy atom. The molecule has 2 N–H and O–H groups in total. The Morgan fingerprint density at radius 1 is 1.23 bits per heavy atom. The summed E-state index contributed by atoms with van der Waals surface area (Å²) in [5, 5.41) is 13.1. The van der Waals surface area contributed by atoms with Crippen LogP contribution in [0.5, 0.6) is 0 Å². The Kier molecular flexibility index (Phi) is 5.80. The number of aromatic amines is 1. The molecule has 4 heterocycles. The van der Waals surface area contributed by atoms with Crippen LogP contribution in [0.15, 0.2) is 45.5 Å². The van der Waals surface area contributed by atoms with Gasteiger partial charge >= 0.3 is 0 Å². The lowest BCUT2D eigenvalue weighted by Gasteiger charge is -2.08. The van der Waals surface area contributed by atoms with Crippen LogP contribution in [0.3, 0.4) is 0 Å². The number of hydrogen-bond donors (Lipinski definition) is 2. The Balaban J connectivity index is 1.26. The van der Waals surface area contributed by atoms with E-state index in [1.165, 1.54) is 34.4 Å². The number of anilines is 1. The van der Waals surface area contributed by atoms with E-state index in [4.69, 9.17) is 4.74 Å². The molecule has 3 aromatic heterocycles. The average molecular weight is 458 g/mol. The highest BCUT2D eigenvalue weighted by Crippen LogP contribution is 2.32. The molecule has 154 valence electrons. The number of H-pyrrole nitrogens is 1. The second-order valence-electron chi connectivity index (χ2n) is 6.89. The van der Waals surface area contributed by atoms with Gasteiger partial charge in [0.05, 0.1) is 17.2 Å². The molecule has 0 bridgehead atoms. The molecule has 1 saturated heterocycles. The summed E-state index contributed by atoms with van der Waals surface area (Å²) >= 11 is 4.56. The fraction of sp³-hybridized carbons (Fsp3) is 0.300. The first kappa shape index (κ1) is 19.7. The van der Waals surface area contributed by atoms with Crippen molar-refractivity contribution < 1.29 is 4.74 Å². The van der Waals surface area contributed by atoms with E-state index in [9.17, 15) is 4.79 Å². The molecular weight excluding hydrogens is 438 g/mol. The maximum atomic E-state index is 12.5. The van der Waals surface area contributed by atoms with Gasteiger partial charge in [-0.05, 0) is 24.5 Å². The molecule has 10 heteroatoms. The van der Waals surface area contributed by atoms with Crippen LogP contribution in [-0.4, -0.2) is 39.4 Å². The largest absolute Gasteiger partial charge is 0.376 e. The van der Waals surface area contributed by atoms with E-state index in [1.54, 1.807) is 0 Å². The maximum absolute atomic E-state index is 12.5. The summed E-state index contributed by atoms with van der Waals surface area (Å²) < 4.78 is 6.45. The minimum absolute atomic E-state index is 0.106. The Bertz CT molecular complexity index is 1200. The van der Waals surface area contributed by atoms with Gasteiger partial charge < -0.3 is 15.0 Å². The highest BCUT2D eigenvalue weighted by atomic mass is 32.2. The number of rotatable bonds is 7. The van der Waals surface area contributed by atoms with Crippen LogP contribution in [0.4, 0.5) is 5.13 Å². The number of fused-ring (bicyclic) bond motifs is 1. The molecule has 0 spiro atoms. The molecule has 7 nitrogen and oxygen atoms in total. The third kappa shape index (κ3) is 4.41. The van der Waals surface area contributed by atoms with Crippen molar-refractivity contribution in [1.82, 2.24) is 20.2 Å². The van der Waals surface area contributed by atoms with Crippen molar-refractivity contribution in [3.05, 3.63) is 52.6 Å². The fourth-order valence-corrected chi connectivity index (χ4v) is 5.95. The van der Waals surface area contributed by atoms with E-state index in [-0.39, 0.29) is 11.7 Å². The molecule has 1 aliphatic rings. The number of thioether (sulfide) groups is 1. The van der Waals surface area contributed by atoms with Crippen molar-refractivity contribution in [2.75, 3.05) is 18.5 Å². The highest BCUT2D eigenvalue weighted by Gasteiger charge is 2.16. The zero-order valence-electron chi connectivity index (χ0n) is 16.0. The zero-order valence-corrected chi connectivity index (χ0v) is 18.4. The molecule has 4 aromatic rings. The molecule has 0 unspecified atom stereocenters. The van der Waals surface area contributed by atoms with Gasteiger partial charge in [-0.1, -0.05) is 53.4 Å². The normalized spacial score (nSPS) is 16.3. The van der Waals surface area contributed by atoms with Gasteiger partial charge in [0.25, 0.3) is 5.56 Å². The summed E-state index contributed by atoms with van der Waals surface area (Å²) in [6.07, 6.45) is 2.47. The summed E-state index contributed by atoms with van der Waals surface area (Å²) in [7, 11) is 0. The van der Waals surface area contributed by atoms with Crippen molar-refractivity contribution in [3.63, 3.8) is 0 Å². The van der Waals surface area contributed by atoms with E-state index >= 15 is 0 Å². The van der Waals surface area contributed by atoms with Crippen LogP contribution in [0.2, 0.25) is 0 Å². The maximum Gasteiger partial charge on any atom is 0.259 e. The summed E-state index contributed by atoms with van der Waals surface area (Å²) in [6.45, 7) is 1.60. The van der Waals surface area contributed by atoms with Gasteiger partial charge in [0.2, 0.25) is 5.13 Å². The number of nitrogens with one attached hydrogen (secondary N) is 2. The van der Waals surface area contributed by atoms with Crippen molar-refractivity contribution >= 4 is 49.8 Å². The van der Waals surface area contributed by atoms with E-state index in [1.807, 2.05) is 36.4 Å². The molecule has 0 aliphatic carbocycles. The van der Waals surface area contributed by atoms with Crippen molar-refractivity contribution in [2.24, 2.45) is 0 Å². The van der Waals surface area contributed by atoms with Crippen molar-refractivity contribution in [1.29, 1.82) is 0 Å². The van der Waals surface area contributed by atoms with Gasteiger partial charge in [-0.2, -0.15) is 0 Å². The SMILES string of the molecule is O=c1[nH]c(CSc2nnc(NC[C@H]3CCCO3)s2)nc2sc(-c3ccccc3)cc12. The van der Waals surface area contributed by atoms with E-state index in [0.29, 0.717) is 17.0 Å². The summed E-state index contributed by atoms with van der Waals surface area (Å²) in [4.78, 5) is 21.9. The third-order valence-corrected chi connectivity index (χ3v) is 7.86. The number of thiophene rings is 1. The standard InChI is InChI=1S/C20H19N5O2S3/c26-17-14-9-15(12-5-2-1-3-6-12)29-18(14)23-16(22-17)11-28-20-25-24-19(30-20)21-10-13-7-4-8-27-13/h1-3,5-6,9,13H,4,7-8,10-11H2,(H,21,24)(H,22,23,26)/t13-/m1/s1. The lowest BCUT2D eigenvalue weighted by atomic mass is 10.2. The Labute approximate surface area is 184 Å². The minimum atomic E-state index is -0.106. The van der Waals surface area contributed by atoms with Crippen LogP contribution in [0.1, 0.15) is 18.7 Å². The van der Waals surface area contributed by atoms with Gasteiger partial charge in [-0.25, -0.2) is 4.98 Å². The molecule has 0 amide bonds. The highest BCUT2D eigenvalue weighted by molar-refractivity contribution is 8.00. The third-order valence-electron chi connectivity index (χ3n) is 4.75. The molecule has 5 rings (SSSR count). The van der Waals surface area contributed by atoms with Crippen molar-refractivity contribution in [3.8, 4) is 10.4 Å². The van der Waals surface area contributed by atoms with Crippen LogP contribution in [0.25, 0.3) is 20.7 Å². The van der Waals surface area contributed by atoms with E-state index in [0.717, 1.165) is 50.7 Å². The van der Waals surface area contributed by atoms with Crippen LogP contribution in [0, 0.1) is 0 Å². The number of aromatic nitrogens is 4. The van der Waals surface area contributed by atoms with Crippen LogP contribution < -0.4 is 10.9 Å². The monoisotopic (exact) mass is 457 g/mol. The first-order valence-corrected chi connectivity index (χ1v) is 12.3. The molecule has 1 fully saturated rings. The summed E-state index contributed by atoms with van der Waals surface area (Å²) in [6, 6.07) is 11.9. The molecule has 1 aliphatic heterocycles. The fourth-order valence-electron chi connectivity index (χ4n) is 3.27. The van der Waals surface area contributed by atoms with Gasteiger partial charge in [-0.3, -0.25) is 4.79 Å². The predicted molar refractivity (Wildman–Crippen MR) is 123 cm³/mol. The molecule has 1 aromatic carbocycles. The molecule has 1 atom stereocenters. The summed E-state index contributed by atoms with van der Waals surface area (Å²) in [5.41, 5.74) is 0.984. The average Bonchev–Trinajstić information content (AvgIpc) is 3.52. The van der Waals surface area contributed by atoms with E-state index in [2.05, 4.69) is 25.5 Å². The van der Waals surface area contributed by atoms with Gasteiger partial charge in [0.15, 0.2) is 4.34 Å². The van der Waals surface area contributed by atoms with Crippen LogP contribution in [-0.2, 0) is 10.5 Å². The quantitative estimate of drug-likeness (QED) is 0.398. The lowest BCUT2D eigenvalue weighted by Crippen LogP contribution is -2.18. The number of benzene rings is 1. The Morgan fingerprint density at radius 2 is 2.13 bits per heavy atom. The van der Waals surface area contributed by atoms with Gasteiger partial charge in [0.1, 0.15) is 10.7 Å². The second-order valence-corrected chi connectivity index (χ2v) is 10.1. The summed E-state index contributed by atoms with van der Waals surface area (Å²) in [5.74, 6) is 1.17. The number of hydrogen-bond acceptors (Lipinski definition) is 9. The minimum Gasteiger partial charge on any atom is -0.376 e. The number of ether oxygens (including phenoxy) is 1.